The lowest BCUT2D eigenvalue weighted by molar-refractivity contribution is -0.137. The van der Waals surface area contributed by atoms with Crippen LogP contribution >= 0.6 is 23.8 Å². The van der Waals surface area contributed by atoms with E-state index < -0.39 is 11.7 Å². The molecule has 0 unspecified atom stereocenters. The fraction of sp³-hybridized carbons (Fsp3) is 0.312. The van der Waals surface area contributed by atoms with Gasteiger partial charge < -0.3 is 10.1 Å². The maximum absolute atomic E-state index is 12.9. The number of thiocarbonyl (C=S) groups is 1. The van der Waals surface area contributed by atoms with E-state index in [4.69, 9.17) is 28.6 Å². The normalized spacial score (nSPS) is 11.8. The summed E-state index contributed by atoms with van der Waals surface area (Å²) in [7, 11) is 1.57. The third-order valence-corrected chi connectivity index (χ3v) is 4.02. The number of nitrogens with zero attached hydrogens (tertiary/aromatic N) is 3. The maximum atomic E-state index is 12.9. The van der Waals surface area contributed by atoms with Crippen molar-refractivity contribution in [3.63, 3.8) is 0 Å². The molecule has 0 spiro atoms. The smallest absolute Gasteiger partial charge is 0.383 e. The molecule has 0 aliphatic rings. The summed E-state index contributed by atoms with van der Waals surface area (Å²) in [5, 5.41) is 11.5. The van der Waals surface area contributed by atoms with Crippen molar-refractivity contribution in [1.82, 2.24) is 20.5 Å². The van der Waals surface area contributed by atoms with E-state index >= 15 is 0 Å². The highest BCUT2D eigenvalue weighted by Crippen LogP contribution is 2.31. The van der Waals surface area contributed by atoms with E-state index in [0.717, 1.165) is 12.1 Å². The molecule has 0 saturated heterocycles. The standard InChI is InChI=1S/C16H17ClF3N5OS/c1-10-13(9-22-23-15(27)21-6-7-26-2)14(17)25(24-10)12-5-3-4-11(8-12)16(18,19)20/h3-5,8-9H,6-7H2,1-2H3,(H2,21,23,27). The van der Waals surface area contributed by atoms with Crippen molar-refractivity contribution < 1.29 is 17.9 Å². The van der Waals surface area contributed by atoms with Crippen LogP contribution in [0.2, 0.25) is 5.15 Å². The molecule has 0 aliphatic carbocycles. The molecule has 1 aromatic heterocycles. The molecule has 2 rings (SSSR count). The van der Waals surface area contributed by atoms with Crippen molar-refractivity contribution >= 4 is 35.1 Å². The number of aromatic nitrogens is 2. The Kier molecular flexibility index (Phi) is 7.17. The van der Waals surface area contributed by atoms with Gasteiger partial charge in [-0.15, -0.1) is 0 Å². The van der Waals surface area contributed by atoms with Gasteiger partial charge in [-0.3, -0.25) is 5.43 Å². The Hall–Kier alpha value is -2.17. The van der Waals surface area contributed by atoms with Crippen LogP contribution in [0.15, 0.2) is 29.4 Å². The number of benzene rings is 1. The lowest BCUT2D eigenvalue weighted by Crippen LogP contribution is -2.34. The van der Waals surface area contributed by atoms with Gasteiger partial charge in [-0.1, -0.05) is 17.7 Å². The highest BCUT2D eigenvalue weighted by Gasteiger charge is 2.30. The monoisotopic (exact) mass is 419 g/mol. The maximum Gasteiger partial charge on any atom is 0.416 e. The zero-order chi connectivity index (χ0) is 20.0. The number of aryl methyl sites for hydroxylation is 1. The number of hydrogen-bond acceptors (Lipinski definition) is 4. The first-order valence-corrected chi connectivity index (χ1v) is 8.51. The Morgan fingerprint density at radius 3 is 2.85 bits per heavy atom. The first kappa shape index (κ1) is 21.1. The SMILES string of the molecule is COCCNC(=S)NN=Cc1c(C)nn(-c2cccc(C(F)(F)F)c2)c1Cl. The first-order valence-electron chi connectivity index (χ1n) is 7.72. The zero-order valence-electron chi connectivity index (χ0n) is 14.5. The van der Waals surface area contributed by atoms with Gasteiger partial charge in [-0.2, -0.15) is 23.4 Å². The van der Waals surface area contributed by atoms with Gasteiger partial charge >= 0.3 is 6.18 Å². The number of hydrazone groups is 1. The highest BCUT2D eigenvalue weighted by atomic mass is 35.5. The Balaban J connectivity index is 2.17. The summed E-state index contributed by atoms with van der Waals surface area (Å²) in [4.78, 5) is 0. The quantitative estimate of drug-likeness (QED) is 0.325. The average molecular weight is 420 g/mol. The minimum atomic E-state index is -4.45. The summed E-state index contributed by atoms with van der Waals surface area (Å²) in [5.74, 6) is 0. The Bertz CT molecular complexity index is 838. The number of alkyl halides is 3. The van der Waals surface area contributed by atoms with Gasteiger partial charge in [0.25, 0.3) is 0 Å². The summed E-state index contributed by atoms with van der Waals surface area (Å²) < 4.78 is 44.8. The molecule has 0 amide bonds. The zero-order valence-corrected chi connectivity index (χ0v) is 16.0. The van der Waals surface area contributed by atoms with Crippen LogP contribution in [-0.2, 0) is 10.9 Å². The molecule has 2 aromatic rings. The van der Waals surface area contributed by atoms with E-state index in [0.29, 0.717) is 29.5 Å². The fourth-order valence-electron chi connectivity index (χ4n) is 2.10. The van der Waals surface area contributed by atoms with E-state index in [9.17, 15) is 13.2 Å². The molecule has 27 heavy (non-hydrogen) atoms. The van der Waals surface area contributed by atoms with E-state index in [1.165, 1.54) is 23.0 Å². The highest BCUT2D eigenvalue weighted by molar-refractivity contribution is 7.80. The topological polar surface area (TPSA) is 63.5 Å². The van der Waals surface area contributed by atoms with Crippen molar-refractivity contribution in [2.45, 2.75) is 13.1 Å². The van der Waals surface area contributed by atoms with Crippen LogP contribution in [-0.4, -0.2) is 41.4 Å². The molecule has 0 saturated carbocycles. The van der Waals surface area contributed by atoms with Crippen molar-refractivity contribution in [2.24, 2.45) is 5.10 Å². The van der Waals surface area contributed by atoms with Crippen LogP contribution in [0.1, 0.15) is 16.8 Å². The molecular weight excluding hydrogens is 403 g/mol. The second kappa shape index (κ2) is 9.16. The second-order valence-corrected chi connectivity index (χ2v) is 6.13. The lowest BCUT2D eigenvalue weighted by Gasteiger charge is -2.09. The summed E-state index contributed by atoms with van der Waals surface area (Å²) in [6.07, 6.45) is -3.05. The van der Waals surface area contributed by atoms with Crippen LogP contribution in [0, 0.1) is 6.92 Å². The van der Waals surface area contributed by atoms with Gasteiger partial charge in [0.2, 0.25) is 0 Å². The molecule has 1 heterocycles. The predicted octanol–water partition coefficient (Wildman–Crippen LogP) is 3.30. The van der Waals surface area contributed by atoms with E-state index in [-0.39, 0.29) is 10.8 Å². The molecule has 0 fully saturated rings. The molecule has 0 atom stereocenters. The van der Waals surface area contributed by atoms with Gasteiger partial charge in [0.15, 0.2) is 5.11 Å². The third-order valence-electron chi connectivity index (χ3n) is 3.42. The Morgan fingerprint density at radius 2 is 2.19 bits per heavy atom. The molecule has 0 aliphatic heterocycles. The van der Waals surface area contributed by atoms with Gasteiger partial charge in [0, 0.05) is 13.7 Å². The molecule has 6 nitrogen and oxygen atoms in total. The summed E-state index contributed by atoms with van der Waals surface area (Å²) in [6.45, 7) is 2.68. The number of halogens is 4. The van der Waals surface area contributed by atoms with Crippen LogP contribution in [0.5, 0.6) is 0 Å². The van der Waals surface area contributed by atoms with Crippen LogP contribution in [0.3, 0.4) is 0 Å². The minimum Gasteiger partial charge on any atom is -0.383 e. The molecule has 0 radical (unpaired) electrons. The first-order chi connectivity index (χ1) is 12.7. The number of hydrogen-bond donors (Lipinski definition) is 2. The predicted molar refractivity (Wildman–Crippen MR) is 102 cm³/mol. The third kappa shape index (κ3) is 5.65. The molecule has 1 aromatic carbocycles. The minimum absolute atomic E-state index is 0.135. The van der Waals surface area contributed by atoms with Crippen molar-refractivity contribution in [1.29, 1.82) is 0 Å². The number of rotatable bonds is 6. The Labute approximate surface area is 164 Å². The van der Waals surface area contributed by atoms with Crippen LogP contribution in [0.4, 0.5) is 13.2 Å². The van der Waals surface area contributed by atoms with Crippen molar-refractivity contribution in [2.75, 3.05) is 20.3 Å². The molecule has 2 N–H and O–H groups in total. The molecular formula is C16H17ClF3N5OS. The lowest BCUT2D eigenvalue weighted by atomic mass is 10.2. The average Bonchev–Trinajstić information content (AvgIpc) is 2.89. The number of ether oxygens (including phenoxy) is 1. The molecule has 11 heteroatoms. The second-order valence-electron chi connectivity index (χ2n) is 5.37. The number of methoxy groups -OCH3 is 1. The van der Waals surface area contributed by atoms with Crippen molar-refractivity contribution in [3.8, 4) is 5.69 Å². The Morgan fingerprint density at radius 1 is 1.44 bits per heavy atom. The van der Waals surface area contributed by atoms with E-state index in [2.05, 4.69) is 20.9 Å². The summed E-state index contributed by atoms with van der Waals surface area (Å²) >= 11 is 11.3. The van der Waals surface area contributed by atoms with Gasteiger partial charge in [0.1, 0.15) is 5.15 Å². The van der Waals surface area contributed by atoms with Gasteiger partial charge in [-0.25, -0.2) is 4.68 Å². The van der Waals surface area contributed by atoms with Crippen LogP contribution in [0.25, 0.3) is 5.69 Å². The van der Waals surface area contributed by atoms with Gasteiger partial charge in [0.05, 0.1) is 35.3 Å². The summed E-state index contributed by atoms with van der Waals surface area (Å²) in [5.41, 5.74) is 2.99. The fourth-order valence-corrected chi connectivity index (χ4v) is 2.58. The van der Waals surface area contributed by atoms with E-state index in [1.54, 1.807) is 14.0 Å². The molecule has 0 bridgehead atoms. The van der Waals surface area contributed by atoms with Gasteiger partial charge in [-0.05, 0) is 37.3 Å². The van der Waals surface area contributed by atoms with Crippen LogP contribution < -0.4 is 10.7 Å². The largest absolute Gasteiger partial charge is 0.416 e. The van der Waals surface area contributed by atoms with Crippen molar-refractivity contribution in [3.05, 3.63) is 46.2 Å². The number of nitrogens with one attached hydrogen (secondary N) is 2. The van der Waals surface area contributed by atoms with E-state index in [1.807, 2.05) is 0 Å². The molecule has 146 valence electrons. The summed E-state index contributed by atoms with van der Waals surface area (Å²) in [6, 6.07) is 4.75.